The number of nitrogens with zero attached hydrogens (tertiary/aromatic N) is 3. The summed E-state index contributed by atoms with van der Waals surface area (Å²) >= 11 is 19.1. The molecule has 32 heavy (non-hydrogen) atoms. The number of carbonyl (C=O) groups excluding carboxylic acids is 2. The molecule has 3 rings (SSSR count). The van der Waals surface area contributed by atoms with E-state index in [1.54, 1.807) is 36.4 Å². The summed E-state index contributed by atoms with van der Waals surface area (Å²) in [5.74, 6) is 0.482. The van der Waals surface area contributed by atoms with Crippen LogP contribution >= 0.6 is 46.6 Å². The fourth-order valence-electron chi connectivity index (χ4n) is 2.85. The lowest BCUT2D eigenvalue weighted by molar-refractivity contribution is -0.113. The summed E-state index contributed by atoms with van der Waals surface area (Å²) in [6.07, 6.45) is 0.489. The van der Waals surface area contributed by atoms with Crippen LogP contribution in [0.4, 0.5) is 5.69 Å². The summed E-state index contributed by atoms with van der Waals surface area (Å²) in [6.45, 7) is 2.98. The quantitative estimate of drug-likeness (QED) is 0.396. The number of benzene rings is 2. The minimum absolute atomic E-state index is 0.168. The number of nitrogens with one attached hydrogen (secondary N) is 2. The Bertz CT molecular complexity index is 1120. The monoisotopic (exact) mass is 511 g/mol. The highest BCUT2D eigenvalue weighted by atomic mass is 35.5. The smallest absolute Gasteiger partial charge is 0.251 e. The van der Waals surface area contributed by atoms with E-state index >= 15 is 0 Å². The third kappa shape index (κ3) is 6.62. The van der Waals surface area contributed by atoms with Crippen LogP contribution in [0.2, 0.25) is 15.1 Å². The van der Waals surface area contributed by atoms with Gasteiger partial charge in [0.2, 0.25) is 5.91 Å². The Morgan fingerprint density at radius 3 is 2.59 bits per heavy atom. The average molecular weight is 513 g/mol. The van der Waals surface area contributed by atoms with E-state index < -0.39 is 0 Å². The van der Waals surface area contributed by atoms with Gasteiger partial charge in [-0.25, -0.2) is 0 Å². The lowest BCUT2D eigenvalue weighted by Crippen LogP contribution is -2.26. The van der Waals surface area contributed by atoms with E-state index in [1.807, 2.05) is 11.5 Å². The summed E-state index contributed by atoms with van der Waals surface area (Å²) in [5, 5.41) is 15.9. The number of amides is 2. The fourth-order valence-corrected chi connectivity index (χ4v) is 4.16. The van der Waals surface area contributed by atoms with Gasteiger partial charge in [0.1, 0.15) is 5.82 Å². The van der Waals surface area contributed by atoms with Gasteiger partial charge in [0.15, 0.2) is 5.16 Å². The lowest BCUT2D eigenvalue weighted by Gasteiger charge is -2.09. The molecule has 0 aliphatic carbocycles. The largest absolute Gasteiger partial charge is 0.352 e. The number of aromatic nitrogens is 3. The van der Waals surface area contributed by atoms with Crippen molar-refractivity contribution >= 4 is 64.1 Å². The summed E-state index contributed by atoms with van der Waals surface area (Å²) < 4.78 is 1.92. The van der Waals surface area contributed by atoms with Crippen molar-refractivity contribution in [2.75, 3.05) is 17.6 Å². The molecule has 0 atom stereocenters. The number of halogens is 3. The second-order valence-electron chi connectivity index (χ2n) is 6.63. The van der Waals surface area contributed by atoms with Gasteiger partial charge in [0, 0.05) is 35.8 Å². The summed E-state index contributed by atoms with van der Waals surface area (Å²) in [7, 11) is 0. The first-order valence-electron chi connectivity index (χ1n) is 9.71. The molecule has 1 aromatic heterocycles. The van der Waals surface area contributed by atoms with E-state index in [0.29, 0.717) is 51.0 Å². The lowest BCUT2D eigenvalue weighted by atomic mass is 10.2. The van der Waals surface area contributed by atoms with Crippen molar-refractivity contribution in [2.45, 2.75) is 25.0 Å². The van der Waals surface area contributed by atoms with Crippen LogP contribution in [0.25, 0.3) is 0 Å². The van der Waals surface area contributed by atoms with Crippen molar-refractivity contribution in [1.29, 1.82) is 0 Å². The third-order valence-corrected chi connectivity index (χ3v) is 6.31. The Hall–Kier alpha value is -2.26. The van der Waals surface area contributed by atoms with Crippen LogP contribution in [0.3, 0.4) is 0 Å². The van der Waals surface area contributed by atoms with Gasteiger partial charge < -0.3 is 15.2 Å². The molecule has 0 spiro atoms. The Morgan fingerprint density at radius 1 is 1.06 bits per heavy atom. The third-order valence-electron chi connectivity index (χ3n) is 4.37. The molecular weight excluding hydrogens is 493 g/mol. The average Bonchev–Trinajstić information content (AvgIpc) is 3.16. The Morgan fingerprint density at radius 2 is 1.88 bits per heavy atom. The van der Waals surface area contributed by atoms with Crippen molar-refractivity contribution in [1.82, 2.24) is 20.1 Å². The molecule has 2 N–H and O–H groups in total. The molecule has 3 aromatic rings. The highest BCUT2D eigenvalue weighted by Crippen LogP contribution is 2.23. The first-order chi connectivity index (χ1) is 15.4. The number of rotatable bonds is 9. The minimum atomic E-state index is -0.251. The maximum Gasteiger partial charge on any atom is 0.251 e. The zero-order chi connectivity index (χ0) is 23.1. The highest BCUT2D eigenvalue weighted by molar-refractivity contribution is 7.99. The molecule has 0 aliphatic heterocycles. The standard InChI is InChI=1S/C21H20Cl3N5O2S/c1-2-29-18(8-9-25-20(31)13-6-7-16(23)17(24)10-13)27-28-21(29)32-12-19(30)26-15-5-3-4-14(22)11-15/h3-7,10-11H,2,8-9,12H2,1H3,(H,25,31)(H,26,30). The maximum atomic E-state index is 12.3. The van der Waals surface area contributed by atoms with Gasteiger partial charge in [0.25, 0.3) is 5.91 Å². The molecule has 0 aliphatic rings. The van der Waals surface area contributed by atoms with Crippen LogP contribution in [-0.2, 0) is 17.8 Å². The first kappa shape index (κ1) is 24.4. The SMILES string of the molecule is CCn1c(CCNC(=O)c2ccc(Cl)c(Cl)c2)nnc1SCC(=O)Nc1cccc(Cl)c1. The van der Waals surface area contributed by atoms with Crippen LogP contribution in [-0.4, -0.2) is 38.9 Å². The van der Waals surface area contributed by atoms with Gasteiger partial charge in [-0.1, -0.05) is 52.6 Å². The zero-order valence-corrected chi connectivity index (χ0v) is 20.2. The van der Waals surface area contributed by atoms with E-state index in [4.69, 9.17) is 34.8 Å². The van der Waals surface area contributed by atoms with Gasteiger partial charge in [-0.15, -0.1) is 10.2 Å². The maximum absolute atomic E-state index is 12.3. The number of thioether (sulfide) groups is 1. The van der Waals surface area contributed by atoms with E-state index in [0.717, 1.165) is 5.82 Å². The molecule has 2 aromatic carbocycles. The summed E-state index contributed by atoms with van der Waals surface area (Å²) in [6, 6.07) is 11.7. The summed E-state index contributed by atoms with van der Waals surface area (Å²) in [5.41, 5.74) is 1.07. The van der Waals surface area contributed by atoms with Crippen LogP contribution in [0.5, 0.6) is 0 Å². The topological polar surface area (TPSA) is 88.9 Å². The van der Waals surface area contributed by atoms with Crippen molar-refractivity contribution in [3.8, 4) is 0 Å². The van der Waals surface area contributed by atoms with Gasteiger partial charge in [-0.3, -0.25) is 9.59 Å². The van der Waals surface area contributed by atoms with Crippen molar-refractivity contribution < 1.29 is 9.59 Å². The number of hydrogen-bond acceptors (Lipinski definition) is 5. The Kier molecular flexibility index (Phi) is 8.81. The predicted molar refractivity (Wildman–Crippen MR) is 129 cm³/mol. The van der Waals surface area contributed by atoms with Crippen LogP contribution < -0.4 is 10.6 Å². The Balaban J connectivity index is 1.52. The fraction of sp³-hybridized carbons (Fsp3) is 0.238. The van der Waals surface area contributed by atoms with E-state index in [9.17, 15) is 9.59 Å². The van der Waals surface area contributed by atoms with E-state index in [2.05, 4.69) is 20.8 Å². The minimum Gasteiger partial charge on any atom is -0.352 e. The van der Waals surface area contributed by atoms with E-state index in [-0.39, 0.29) is 17.6 Å². The number of anilines is 1. The molecular formula is C21H20Cl3N5O2S. The highest BCUT2D eigenvalue weighted by Gasteiger charge is 2.14. The molecule has 1 heterocycles. The van der Waals surface area contributed by atoms with Crippen LogP contribution in [0, 0.1) is 0 Å². The molecule has 11 heteroatoms. The molecule has 0 saturated heterocycles. The molecule has 0 bridgehead atoms. The van der Waals surface area contributed by atoms with Gasteiger partial charge in [-0.2, -0.15) is 0 Å². The molecule has 0 saturated carbocycles. The molecule has 2 amide bonds. The molecule has 0 unspecified atom stereocenters. The van der Waals surface area contributed by atoms with Crippen LogP contribution in [0.1, 0.15) is 23.1 Å². The number of hydrogen-bond donors (Lipinski definition) is 2. The number of carbonyl (C=O) groups is 2. The van der Waals surface area contributed by atoms with Gasteiger partial charge >= 0.3 is 0 Å². The first-order valence-corrected chi connectivity index (χ1v) is 11.8. The van der Waals surface area contributed by atoms with Crippen molar-refractivity contribution in [2.24, 2.45) is 0 Å². The summed E-state index contributed by atoms with van der Waals surface area (Å²) in [4.78, 5) is 24.5. The van der Waals surface area contributed by atoms with Crippen molar-refractivity contribution in [3.05, 3.63) is 68.9 Å². The Labute approximate surface area is 204 Å². The second kappa shape index (κ2) is 11.6. The normalized spacial score (nSPS) is 10.8. The van der Waals surface area contributed by atoms with Crippen LogP contribution in [0.15, 0.2) is 47.6 Å². The molecule has 7 nitrogen and oxygen atoms in total. The van der Waals surface area contributed by atoms with Gasteiger partial charge in [0.05, 0.1) is 15.8 Å². The zero-order valence-electron chi connectivity index (χ0n) is 17.1. The predicted octanol–water partition coefficient (Wildman–Crippen LogP) is 4.96. The van der Waals surface area contributed by atoms with Crippen molar-refractivity contribution in [3.63, 3.8) is 0 Å². The van der Waals surface area contributed by atoms with Gasteiger partial charge in [-0.05, 0) is 43.3 Å². The molecule has 0 radical (unpaired) electrons. The molecule has 168 valence electrons. The second-order valence-corrected chi connectivity index (χ2v) is 8.82. The van der Waals surface area contributed by atoms with E-state index in [1.165, 1.54) is 17.8 Å². The molecule has 0 fully saturated rings.